The van der Waals surface area contributed by atoms with Crippen LogP contribution in [-0.4, -0.2) is 22.9 Å². The van der Waals surface area contributed by atoms with E-state index in [9.17, 15) is 4.79 Å². The van der Waals surface area contributed by atoms with Crippen LogP contribution in [0.5, 0.6) is 0 Å². The lowest BCUT2D eigenvalue weighted by Crippen LogP contribution is -2.04. The fourth-order valence-corrected chi connectivity index (χ4v) is 1.68. The summed E-state index contributed by atoms with van der Waals surface area (Å²) >= 11 is 2.06. The normalized spacial score (nSPS) is 10.0. The van der Waals surface area contributed by atoms with Crippen LogP contribution in [0.15, 0.2) is 0 Å². The van der Waals surface area contributed by atoms with Crippen molar-refractivity contribution >= 4 is 28.6 Å². The predicted molar refractivity (Wildman–Crippen MR) is 52.0 cm³/mol. The molecule has 1 rings (SSSR count). The Kier molecular flexibility index (Phi) is 2.71. The summed E-state index contributed by atoms with van der Waals surface area (Å²) < 4.78 is 7.07. The Labute approximate surface area is 84.0 Å². The molecule has 0 aliphatic carbocycles. The highest BCUT2D eigenvalue weighted by Crippen LogP contribution is 2.15. The van der Waals surface area contributed by atoms with Crippen LogP contribution in [0.2, 0.25) is 0 Å². The van der Waals surface area contributed by atoms with Crippen molar-refractivity contribution in [3.63, 3.8) is 0 Å². The van der Waals surface area contributed by atoms with Crippen LogP contribution in [0.3, 0.4) is 0 Å². The number of aryl methyl sites for hydroxylation is 2. The van der Waals surface area contributed by atoms with E-state index in [0.29, 0.717) is 11.3 Å². The van der Waals surface area contributed by atoms with Gasteiger partial charge in [-0.3, -0.25) is 4.68 Å². The van der Waals surface area contributed by atoms with E-state index in [0.717, 1.165) is 3.70 Å². The molecule has 5 heteroatoms. The molecule has 1 aromatic rings. The highest BCUT2D eigenvalue weighted by molar-refractivity contribution is 14.1. The SMILES string of the molecule is COC(=O)c1c(C)nn(C)c1I. The molecule has 12 heavy (non-hydrogen) atoms. The summed E-state index contributed by atoms with van der Waals surface area (Å²) in [7, 11) is 3.16. The third kappa shape index (κ3) is 1.45. The molecule has 1 heterocycles. The lowest BCUT2D eigenvalue weighted by molar-refractivity contribution is 0.0598. The summed E-state index contributed by atoms with van der Waals surface area (Å²) in [6.07, 6.45) is 0. The molecule has 0 aromatic carbocycles. The van der Waals surface area contributed by atoms with E-state index in [1.165, 1.54) is 7.11 Å². The quantitative estimate of drug-likeness (QED) is 0.572. The zero-order valence-electron chi connectivity index (χ0n) is 7.09. The van der Waals surface area contributed by atoms with Gasteiger partial charge in [0.1, 0.15) is 9.26 Å². The van der Waals surface area contributed by atoms with Gasteiger partial charge >= 0.3 is 5.97 Å². The van der Waals surface area contributed by atoms with Crippen LogP contribution in [0.4, 0.5) is 0 Å². The second-order valence-corrected chi connectivity index (χ2v) is 3.39. The number of carbonyl (C=O) groups excluding carboxylic acids is 1. The van der Waals surface area contributed by atoms with Crippen LogP contribution >= 0.6 is 22.6 Å². The highest BCUT2D eigenvalue weighted by Gasteiger charge is 2.18. The number of halogens is 1. The maximum Gasteiger partial charge on any atom is 0.342 e. The fourth-order valence-electron chi connectivity index (χ4n) is 0.964. The van der Waals surface area contributed by atoms with Gasteiger partial charge in [0.05, 0.1) is 12.8 Å². The minimum atomic E-state index is -0.329. The van der Waals surface area contributed by atoms with Gasteiger partial charge in [-0.25, -0.2) is 4.79 Å². The molecule has 0 saturated heterocycles. The molecule has 0 spiro atoms. The van der Waals surface area contributed by atoms with Gasteiger partial charge in [-0.15, -0.1) is 0 Å². The minimum absolute atomic E-state index is 0.329. The third-order valence-corrected chi connectivity index (χ3v) is 2.78. The predicted octanol–water partition coefficient (Wildman–Crippen LogP) is 1.12. The van der Waals surface area contributed by atoms with Gasteiger partial charge < -0.3 is 4.74 Å². The maximum absolute atomic E-state index is 11.2. The molecule has 1 aromatic heterocycles. The smallest absolute Gasteiger partial charge is 0.342 e. The molecular weight excluding hydrogens is 271 g/mol. The molecule has 0 fully saturated rings. The Morgan fingerprint density at radius 2 is 2.25 bits per heavy atom. The van der Waals surface area contributed by atoms with Crippen molar-refractivity contribution in [2.45, 2.75) is 6.92 Å². The van der Waals surface area contributed by atoms with Gasteiger partial charge in [0.25, 0.3) is 0 Å². The lowest BCUT2D eigenvalue weighted by Gasteiger charge is -1.96. The van der Waals surface area contributed by atoms with E-state index in [2.05, 4.69) is 32.4 Å². The van der Waals surface area contributed by atoms with E-state index in [1.807, 2.05) is 0 Å². The molecule has 0 N–H and O–H groups in total. The van der Waals surface area contributed by atoms with Crippen LogP contribution < -0.4 is 0 Å². The largest absolute Gasteiger partial charge is 0.465 e. The molecule has 66 valence electrons. The Hall–Kier alpha value is -0.590. The molecule has 0 aliphatic rings. The molecule has 0 amide bonds. The van der Waals surface area contributed by atoms with Gasteiger partial charge in [0.2, 0.25) is 0 Å². The summed E-state index contributed by atoms with van der Waals surface area (Å²) in [5, 5.41) is 4.09. The molecular formula is C7H9IN2O2. The number of hydrogen-bond acceptors (Lipinski definition) is 3. The monoisotopic (exact) mass is 280 g/mol. The number of carbonyl (C=O) groups is 1. The Morgan fingerprint density at radius 3 is 2.58 bits per heavy atom. The van der Waals surface area contributed by atoms with E-state index < -0.39 is 0 Å². The molecule has 0 aliphatic heterocycles. The van der Waals surface area contributed by atoms with Crippen molar-refractivity contribution in [1.29, 1.82) is 0 Å². The number of rotatable bonds is 1. The summed E-state index contributed by atoms with van der Waals surface area (Å²) in [6.45, 7) is 1.79. The summed E-state index contributed by atoms with van der Waals surface area (Å²) in [5.74, 6) is -0.329. The molecule has 4 nitrogen and oxygen atoms in total. The number of aromatic nitrogens is 2. The van der Waals surface area contributed by atoms with Crippen LogP contribution in [-0.2, 0) is 11.8 Å². The van der Waals surface area contributed by atoms with Crippen molar-refractivity contribution in [3.8, 4) is 0 Å². The summed E-state index contributed by atoms with van der Waals surface area (Å²) in [5.41, 5.74) is 1.26. The van der Waals surface area contributed by atoms with E-state index >= 15 is 0 Å². The summed E-state index contributed by atoms with van der Waals surface area (Å²) in [4.78, 5) is 11.2. The number of esters is 1. The molecule has 0 radical (unpaired) electrons. The van der Waals surface area contributed by atoms with Crippen molar-refractivity contribution in [2.75, 3.05) is 7.11 Å². The van der Waals surface area contributed by atoms with Crippen molar-refractivity contribution in [2.24, 2.45) is 7.05 Å². The maximum atomic E-state index is 11.2. The van der Waals surface area contributed by atoms with Crippen LogP contribution in [0.25, 0.3) is 0 Å². The van der Waals surface area contributed by atoms with E-state index in [1.54, 1.807) is 18.7 Å². The second-order valence-electron chi connectivity index (χ2n) is 2.37. The zero-order chi connectivity index (χ0) is 9.30. The average molecular weight is 280 g/mol. The van der Waals surface area contributed by atoms with Crippen molar-refractivity contribution < 1.29 is 9.53 Å². The molecule has 0 saturated carbocycles. The van der Waals surface area contributed by atoms with Gasteiger partial charge in [0.15, 0.2) is 0 Å². The van der Waals surface area contributed by atoms with Crippen LogP contribution in [0.1, 0.15) is 16.1 Å². The van der Waals surface area contributed by atoms with E-state index in [4.69, 9.17) is 0 Å². The first-order valence-corrected chi connectivity index (χ1v) is 4.43. The topological polar surface area (TPSA) is 44.1 Å². The first-order valence-electron chi connectivity index (χ1n) is 3.35. The Balaban J connectivity index is 3.22. The standard InChI is InChI=1S/C7H9IN2O2/c1-4-5(7(11)12-3)6(8)10(2)9-4/h1-3H3. The summed E-state index contributed by atoms with van der Waals surface area (Å²) in [6, 6.07) is 0. The van der Waals surface area contributed by atoms with Crippen LogP contribution in [0, 0.1) is 10.6 Å². The van der Waals surface area contributed by atoms with Gasteiger partial charge in [-0.1, -0.05) is 0 Å². The number of ether oxygens (including phenoxy) is 1. The Morgan fingerprint density at radius 1 is 1.67 bits per heavy atom. The molecule has 0 unspecified atom stereocenters. The lowest BCUT2D eigenvalue weighted by atomic mass is 10.3. The Bertz CT molecular complexity index is 319. The van der Waals surface area contributed by atoms with Crippen molar-refractivity contribution in [3.05, 3.63) is 15.0 Å². The zero-order valence-corrected chi connectivity index (χ0v) is 9.25. The van der Waals surface area contributed by atoms with Gasteiger partial charge in [0, 0.05) is 7.05 Å². The average Bonchev–Trinajstić information content (AvgIpc) is 2.26. The number of methoxy groups -OCH3 is 1. The van der Waals surface area contributed by atoms with Gasteiger partial charge in [-0.05, 0) is 29.5 Å². The first-order chi connectivity index (χ1) is 5.57. The number of nitrogens with zero attached hydrogens (tertiary/aromatic N) is 2. The number of hydrogen-bond donors (Lipinski definition) is 0. The first kappa shape index (κ1) is 9.50. The minimum Gasteiger partial charge on any atom is -0.465 e. The second kappa shape index (κ2) is 3.42. The molecule has 0 atom stereocenters. The highest BCUT2D eigenvalue weighted by atomic mass is 127. The van der Waals surface area contributed by atoms with Crippen molar-refractivity contribution in [1.82, 2.24) is 9.78 Å². The molecule has 0 bridgehead atoms. The van der Waals surface area contributed by atoms with E-state index in [-0.39, 0.29) is 5.97 Å². The van der Waals surface area contributed by atoms with Gasteiger partial charge in [-0.2, -0.15) is 5.10 Å². The fraction of sp³-hybridized carbons (Fsp3) is 0.429. The third-order valence-electron chi connectivity index (χ3n) is 1.54.